The van der Waals surface area contributed by atoms with Gasteiger partial charge in [-0.3, -0.25) is 9.59 Å². The zero-order chi connectivity index (χ0) is 19.0. The predicted molar refractivity (Wildman–Crippen MR) is 99.2 cm³/mol. The van der Waals surface area contributed by atoms with E-state index in [2.05, 4.69) is 16.9 Å². The summed E-state index contributed by atoms with van der Waals surface area (Å²) in [5.74, 6) is -1.19. The first-order valence-corrected chi connectivity index (χ1v) is 10.6. The number of benzene rings is 1. The number of cyclic esters (lactones) is 2. The van der Waals surface area contributed by atoms with E-state index in [1.54, 1.807) is 21.3 Å². The molecule has 0 bridgehead atoms. The molecule has 0 spiro atoms. The molecule has 0 aromatic heterocycles. The smallest absolute Gasteiger partial charge is 0.393 e. The molecule has 1 aliphatic rings. The highest BCUT2D eigenvalue weighted by Gasteiger charge is 2.36. The van der Waals surface area contributed by atoms with Crippen molar-refractivity contribution in [1.82, 2.24) is 0 Å². The van der Waals surface area contributed by atoms with E-state index in [1.165, 1.54) is 5.56 Å². The van der Waals surface area contributed by atoms with Gasteiger partial charge in [0, 0.05) is 27.4 Å². The summed E-state index contributed by atoms with van der Waals surface area (Å²) in [4.78, 5) is 22.5. The van der Waals surface area contributed by atoms with Gasteiger partial charge in [-0.15, -0.1) is 0 Å². The molecule has 6 nitrogen and oxygen atoms in total. The molecular weight excluding hydrogens is 352 g/mol. The lowest BCUT2D eigenvalue weighted by atomic mass is 10.0. The summed E-state index contributed by atoms with van der Waals surface area (Å²) in [6, 6.07) is 9.02. The van der Waals surface area contributed by atoms with Crippen molar-refractivity contribution in [2.45, 2.75) is 31.7 Å². The molecule has 7 heteroatoms. The summed E-state index contributed by atoms with van der Waals surface area (Å²) in [6.45, 7) is 0. The summed E-state index contributed by atoms with van der Waals surface area (Å²) < 4.78 is 20.8. The highest BCUT2D eigenvalue weighted by Crippen LogP contribution is 2.21. The first kappa shape index (κ1) is 20.5. The van der Waals surface area contributed by atoms with Gasteiger partial charge in [0.15, 0.2) is 0 Å². The Kier molecular flexibility index (Phi) is 7.71. The van der Waals surface area contributed by atoms with Crippen LogP contribution in [0.5, 0.6) is 0 Å². The highest BCUT2D eigenvalue weighted by atomic mass is 28.4. The molecule has 1 aromatic rings. The normalized spacial score (nSPS) is 17.9. The Morgan fingerprint density at radius 2 is 1.77 bits per heavy atom. The van der Waals surface area contributed by atoms with Crippen LogP contribution in [0.4, 0.5) is 0 Å². The van der Waals surface area contributed by atoms with E-state index < -0.39 is 20.7 Å². The standard InChI is InChI=1S/C19H26O6Si/c1-22-26(23-2,24-3)13-5-7-16-11-9-15(10-12-16)6-4-8-17-14-18(20)25-19(17)21/h4,6,9-12,17H,5,7-8,13-14H2,1-3H3/b6-4+. The van der Waals surface area contributed by atoms with E-state index >= 15 is 0 Å². The molecule has 0 aliphatic carbocycles. The molecule has 0 amide bonds. The van der Waals surface area contributed by atoms with Crippen LogP contribution in [0.1, 0.15) is 30.4 Å². The van der Waals surface area contributed by atoms with Crippen LogP contribution in [0.3, 0.4) is 0 Å². The maximum absolute atomic E-state index is 11.4. The van der Waals surface area contributed by atoms with Crippen LogP contribution in [-0.4, -0.2) is 42.1 Å². The molecule has 1 aliphatic heterocycles. The van der Waals surface area contributed by atoms with Crippen LogP contribution in [0, 0.1) is 5.92 Å². The number of esters is 2. The second kappa shape index (κ2) is 9.77. The second-order valence-electron chi connectivity index (χ2n) is 6.22. The molecule has 1 fully saturated rings. The number of rotatable bonds is 10. The van der Waals surface area contributed by atoms with Crippen LogP contribution in [0.15, 0.2) is 30.3 Å². The van der Waals surface area contributed by atoms with Crippen molar-refractivity contribution in [3.8, 4) is 0 Å². The van der Waals surface area contributed by atoms with Crippen molar-refractivity contribution < 1.29 is 27.6 Å². The van der Waals surface area contributed by atoms with Crippen molar-refractivity contribution in [3.05, 3.63) is 41.5 Å². The molecule has 1 aromatic carbocycles. The van der Waals surface area contributed by atoms with Crippen LogP contribution >= 0.6 is 0 Å². The van der Waals surface area contributed by atoms with Gasteiger partial charge >= 0.3 is 20.7 Å². The maximum Gasteiger partial charge on any atom is 0.500 e. The van der Waals surface area contributed by atoms with E-state index in [0.29, 0.717) is 6.42 Å². The zero-order valence-electron chi connectivity index (χ0n) is 15.5. The van der Waals surface area contributed by atoms with Gasteiger partial charge in [-0.2, -0.15) is 0 Å². The lowest BCUT2D eigenvalue weighted by Gasteiger charge is -2.24. The summed E-state index contributed by atoms with van der Waals surface area (Å²) >= 11 is 0. The Morgan fingerprint density at radius 3 is 2.31 bits per heavy atom. The van der Waals surface area contributed by atoms with Gasteiger partial charge in [0.2, 0.25) is 0 Å². The molecular formula is C19H26O6Si. The Labute approximate surface area is 155 Å². The quantitative estimate of drug-likeness (QED) is 0.354. The van der Waals surface area contributed by atoms with Gasteiger partial charge in [0.05, 0.1) is 12.3 Å². The fourth-order valence-electron chi connectivity index (χ4n) is 2.93. The number of hydrogen-bond donors (Lipinski definition) is 0. The summed E-state index contributed by atoms with van der Waals surface area (Å²) in [7, 11) is 2.38. The summed E-state index contributed by atoms with van der Waals surface area (Å²) in [6.07, 6.45) is 6.41. The number of aryl methyl sites for hydroxylation is 1. The third-order valence-electron chi connectivity index (χ3n) is 4.55. The van der Waals surface area contributed by atoms with Crippen LogP contribution in [-0.2, 0) is 34.0 Å². The number of allylic oxidation sites excluding steroid dienone is 1. The monoisotopic (exact) mass is 378 g/mol. The number of ether oxygens (including phenoxy) is 1. The van der Waals surface area contributed by atoms with Crippen molar-refractivity contribution in [3.63, 3.8) is 0 Å². The van der Waals surface area contributed by atoms with E-state index in [9.17, 15) is 9.59 Å². The molecule has 1 saturated heterocycles. The highest BCUT2D eigenvalue weighted by molar-refractivity contribution is 6.60. The van der Waals surface area contributed by atoms with Gasteiger partial charge in [-0.05, 0) is 30.4 Å². The van der Waals surface area contributed by atoms with Gasteiger partial charge in [-0.1, -0.05) is 36.4 Å². The van der Waals surface area contributed by atoms with Gasteiger partial charge in [0.25, 0.3) is 0 Å². The molecule has 1 atom stereocenters. The zero-order valence-corrected chi connectivity index (χ0v) is 16.5. The average molecular weight is 378 g/mol. The number of hydrogen-bond acceptors (Lipinski definition) is 6. The number of carbonyl (C=O) groups is 2. The predicted octanol–water partition coefficient (Wildman–Crippen LogP) is 2.99. The van der Waals surface area contributed by atoms with Crippen molar-refractivity contribution in [1.29, 1.82) is 0 Å². The van der Waals surface area contributed by atoms with E-state index in [1.807, 2.05) is 24.3 Å². The molecule has 0 N–H and O–H groups in total. The number of carbonyl (C=O) groups excluding carboxylic acids is 2. The van der Waals surface area contributed by atoms with Crippen LogP contribution in [0.2, 0.25) is 6.04 Å². The van der Waals surface area contributed by atoms with Crippen LogP contribution < -0.4 is 0 Å². The largest absolute Gasteiger partial charge is 0.500 e. The van der Waals surface area contributed by atoms with E-state index in [4.69, 9.17) is 13.3 Å². The van der Waals surface area contributed by atoms with E-state index in [-0.39, 0.29) is 12.3 Å². The lowest BCUT2D eigenvalue weighted by Crippen LogP contribution is -2.42. The minimum absolute atomic E-state index is 0.178. The Hall–Kier alpha value is -1.80. The summed E-state index contributed by atoms with van der Waals surface area (Å²) in [5.41, 5.74) is 2.29. The minimum atomic E-state index is -2.50. The third kappa shape index (κ3) is 5.60. The average Bonchev–Trinajstić information content (AvgIpc) is 2.98. The lowest BCUT2D eigenvalue weighted by molar-refractivity contribution is -0.153. The minimum Gasteiger partial charge on any atom is -0.393 e. The van der Waals surface area contributed by atoms with E-state index in [0.717, 1.165) is 24.4 Å². The first-order valence-electron chi connectivity index (χ1n) is 8.67. The fraction of sp³-hybridized carbons (Fsp3) is 0.474. The molecule has 26 heavy (non-hydrogen) atoms. The molecule has 1 heterocycles. The Bertz CT molecular complexity index is 628. The molecule has 142 valence electrons. The van der Waals surface area contributed by atoms with Crippen molar-refractivity contribution in [2.24, 2.45) is 5.92 Å². The topological polar surface area (TPSA) is 71.1 Å². The Balaban J connectivity index is 1.80. The van der Waals surface area contributed by atoms with Crippen molar-refractivity contribution in [2.75, 3.05) is 21.3 Å². The molecule has 0 saturated carbocycles. The molecule has 2 rings (SSSR count). The maximum atomic E-state index is 11.4. The third-order valence-corrected chi connectivity index (χ3v) is 7.38. The van der Waals surface area contributed by atoms with Gasteiger partial charge in [0.1, 0.15) is 0 Å². The summed E-state index contributed by atoms with van der Waals surface area (Å²) in [5, 5.41) is 0. The SMILES string of the molecule is CO[Si](CCCc1ccc(/C=C/CC2CC(=O)OC2=O)cc1)(OC)OC. The molecule has 0 radical (unpaired) electrons. The fourth-order valence-corrected chi connectivity index (χ4v) is 4.65. The van der Waals surface area contributed by atoms with Gasteiger partial charge < -0.3 is 18.0 Å². The first-order chi connectivity index (χ1) is 12.5. The van der Waals surface area contributed by atoms with Crippen LogP contribution in [0.25, 0.3) is 6.08 Å². The van der Waals surface area contributed by atoms with Gasteiger partial charge in [-0.25, -0.2) is 0 Å². The van der Waals surface area contributed by atoms with Crippen molar-refractivity contribution >= 4 is 26.8 Å². The Morgan fingerprint density at radius 1 is 1.12 bits per heavy atom. The molecule has 1 unspecified atom stereocenters. The second-order valence-corrected chi connectivity index (χ2v) is 9.31.